The van der Waals surface area contributed by atoms with Gasteiger partial charge < -0.3 is 10.2 Å². The van der Waals surface area contributed by atoms with E-state index < -0.39 is 0 Å². The van der Waals surface area contributed by atoms with Gasteiger partial charge in [-0.15, -0.1) is 10.2 Å². The predicted octanol–water partition coefficient (Wildman–Crippen LogP) is -0.339. The van der Waals surface area contributed by atoms with Gasteiger partial charge in [-0.2, -0.15) is 5.21 Å². The Hall–Kier alpha value is -1.50. The molecule has 1 aromatic heterocycles. The molecule has 1 aromatic rings. The van der Waals surface area contributed by atoms with Crippen LogP contribution in [0.5, 0.6) is 0 Å². The van der Waals surface area contributed by atoms with E-state index in [2.05, 4.69) is 37.9 Å². The third kappa shape index (κ3) is 3.48. The zero-order valence-electron chi connectivity index (χ0n) is 10.0. The molecule has 7 heteroatoms. The maximum atomic E-state index is 11.5. The molecule has 0 spiro atoms. The molecule has 1 amide bonds. The molecule has 0 saturated carbocycles. The number of carbonyl (C=O) groups excluding carboxylic acids is 1. The Morgan fingerprint density at radius 1 is 1.53 bits per heavy atom. The molecule has 0 atom stereocenters. The third-order valence-corrected chi connectivity index (χ3v) is 3.22. The fraction of sp³-hybridized carbons (Fsp3) is 0.800. The van der Waals surface area contributed by atoms with Gasteiger partial charge in [0.05, 0.1) is 0 Å². The van der Waals surface area contributed by atoms with Gasteiger partial charge in [0.25, 0.3) is 11.7 Å². The minimum absolute atomic E-state index is 0.105. The minimum atomic E-state index is -0.258. The summed E-state index contributed by atoms with van der Waals surface area (Å²) in [6.07, 6.45) is 3.46. The first-order chi connectivity index (χ1) is 8.25. The molecule has 1 aliphatic heterocycles. The lowest BCUT2D eigenvalue weighted by Gasteiger charge is -2.28. The summed E-state index contributed by atoms with van der Waals surface area (Å²) in [5, 5.41) is 15.7. The molecule has 1 saturated heterocycles. The highest BCUT2D eigenvalue weighted by Crippen LogP contribution is 2.18. The minimum Gasteiger partial charge on any atom is -0.349 e. The van der Waals surface area contributed by atoms with Gasteiger partial charge in [0.1, 0.15) is 0 Å². The molecule has 0 aromatic carbocycles. The molecule has 0 bridgehead atoms. The molecule has 17 heavy (non-hydrogen) atoms. The number of carbonyl (C=O) groups is 1. The number of nitrogens with zero attached hydrogens (tertiary/aromatic N) is 4. The van der Waals surface area contributed by atoms with Crippen LogP contribution in [0.3, 0.4) is 0 Å². The van der Waals surface area contributed by atoms with Crippen LogP contribution >= 0.6 is 0 Å². The zero-order chi connectivity index (χ0) is 12.1. The van der Waals surface area contributed by atoms with E-state index in [0.717, 1.165) is 25.4 Å². The summed E-state index contributed by atoms with van der Waals surface area (Å²) in [5.74, 6) is 0.567. The van der Waals surface area contributed by atoms with Gasteiger partial charge in [-0.05, 0) is 50.5 Å². The van der Waals surface area contributed by atoms with Crippen LogP contribution in [-0.4, -0.2) is 58.1 Å². The molecule has 2 rings (SSSR count). The van der Waals surface area contributed by atoms with Crippen molar-refractivity contribution in [1.82, 2.24) is 30.8 Å². The molecule has 1 fully saturated rings. The van der Waals surface area contributed by atoms with E-state index in [9.17, 15) is 4.79 Å². The van der Waals surface area contributed by atoms with Crippen LogP contribution in [0.4, 0.5) is 0 Å². The van der Waals surface area contributed by atoms with Crippen molar-refractivity contribution in [2.45, 2.75) is 19.3 Å². The molecule has 1 aliphatic rings. The summed E-state index contributed by atoms with van der Waals surface area (Å²) >= 11 is 0. The number of H-pyrrole nitrogens is 1. The van der Waals surface area contributed by atoms with Gasteiger partial charge in [-0.25, -0.2) is 0 Å². The first-order valence-corrected chi connectivity index (χ1v) is 5.96. The highest BCUT2D eigenvalue weighted by molar-refractivity contribution is 5.89. The topological polar surface area (TPSA) is 86.8 Å². The van der Waals surface area contributed by atoms with E-state index >= 15 is 0 Å². The fourth-order valence-electron chi connectivity index (χ4n) is 2.08. The summed E-state index contributed by atoms with van der Waals surface area (Å²) in [6.45, 7) is 2.99. The smallest absolute Gasteiger partial charge is 0.292 e. The van der Waals surface area contributed by atoms with Gasteiger partial charge in [0.15, 0.2) is 0 Å². The van der Waals surface area contributed by atoms with Crippen LogP contribution in [-0.2, 0) is 0 Å². The Morgan fingerprint density at radius 3 is 2.94 bits per heavy atom. The number of hydrogen-bond donors (Lipinski definition) is 2. The number of tetrazole rings is 1. The maximum Gasteiger partial charge on any atom is 0.292 e. The Labute approximate surface area is 100.0 Å². The highest BCUT2D eigenvalue weighted by atomic mass is 16.2. The first-order valence-electron chi connectivity index (χ1n) is 5.96. The average molecular weight is 238 g/mol. The lowest BCUT2D eigenvalue weighted by atomic mass is 9.94. The second-order valence-electron chi connectivity index (χ2n) is 4.53. The summed E-state index contributed by atoms with van der Waals surface area (Å²) in [5.41, 5.74) is 0. The third-order valence-electron chi connectivity index (χ3n) is 3.22. The largest absolute Gasteiger partial charge is 0.349 e. The summed E-state index contributed by atoms with van der Waals surface area (Å²) in [4.78, 5) is 13.8. The van der Waals surface area contributed by atoms with Crippen molar-refractivity contribution in [3.05, 3.63) is 5.82 Å². The van der Waals surface area contributed by atoms with Crippen molar-refractivity contribution < 1.29 is 4.79 Å². The molecule has 0 aliphatic carbocycles. The number of hydrogen-bond acceptors (Lipinski definition) is 5. The SMILES string of the molecule is CN1CCC(CCNC(=O)c2nn[nH]n2)CC1. The number of likely N-dealkylation sites (tertiary alicyclic amines) is 1. The second kappa shape index (κ2) is 5.72. The van der Waals surface area contributed by atoms with Crippen molar-refractivity contribution in [3.8, 4) is 0 Å². The quantitative estimate of drug-likeness (QED) is 0.749. The molecule has 94 valence electrons. The second-order valence-corrected chi connectivity index (χ2v) is 4.53. The van der Waals surface area contributed by atoms with Crippen molar-refractivity contribution in [2.75, 3.05) is 26.7 Å². The molecule has 7 nitrogen and oxygen atoms in total. The molecular weight excluding hydrogens is 220 g/mol. The normalized spacial score (nSPS) is 18.2. The number of nitrogens with one attached hydrogen (secondary N) is 2. The monoisotopic (exact) mass is 238 g/mol. The zero-order valence-corrected chi connectivity index (χ0v) is 10.0. The number of aromatic amines is 1. The van der Waals surface area contributed by atoms with Crippen LogP contribution in [0.25, 0.3) is 0 Å². The summed E-state index contributed by atoms with van der Waals surface area (Å²) in [7, 11) is 2.15. The van der Waals surface area contributed by atoms with E-state index in [-0.39, 0.29) is 11.7 Å². The summed E-state index contributed by atoms with van der Waals surface area (Å²) < 4.78 is 0. The molecule has 0 radical (unpaired) electrons. The van der Waals surface area contributed by atoms with Crippen LogP contribution in [0.2, 0.25) is 0 Å². The van der Waals surface area contributed by atoms with Crippen molar-refractivity contribution >= 4 is 5.91 Å². The van der Waals surface area contributed by atoms with Crippen molar-refractivity contribution in [2.24, 2.45) is 5.92 Å². The molecule has 2 heterocycles. The molecular formula is C10H18N6O. The van der Waals surface area contributed by atoms with E-state index in [0.29, 0.717) is 6.54 Å². The van der Waals surface area contributed by atoms with Gasteiger partial charge in [-0.3, -0.25) is 4.79 Å². The van der Waals surface area contributed by atoms with E-state index in [4.69, 9.17) is 0 Å². The van der Waals surface area contributed by atoms with E-state index in [1.807, 2.05) is 0 Å². The standard InChI is InChI=1S/C10H18N6O/c1-16-6-3-8(4-7-16)2-5-11-10(17)9-12-14-15-13-9/h8H,2-7H2,1H3,(H,11,17)(H,12,13,14,15). The fourth-order valence-corrected chi connectivity index (χ4v) is 2.08. The predicted molar refractivity (Wildman–Crippen MR) is 61.3 cm³/mol. The highest BCUT2D eigenvalue weighted by Gasteiger charge is 2.17. The Bertz CT molecular complexity index is 344. The van der Waals surface area contributed by atoms with Gasteiger partial charge in [-0.1, -0.05) is 0 Å². The number of aromatic nitrogens is 4. The Kier molecular flexibility index (Phi) is 4.03. The maximum absolute atomic E-state index is 11.5. The van der Waals surface area contributed by atoms with Crippen LogP contribution in [0, 0.1) is 5.92 Å². The first kappa shape index (κ1) is 12.0. The average Bonchev–Trinajstić information content (AvgIpc) is 2.85. The molecule has 2 N–H and O–H groups in total. The van der Waals surface area contributed by atoms with Gasteiger partial charge in [0, 0.05) is 6.54 Å². The Morgan fingerprint density at radius 2 is 2.29 bits per heavy atom. The lowest BCUT2D eigenvalue weighted by Crippen LogP contribution is -2.33. The van der Waals surface area contributed by atoms with Crippen LogP contribution in [0.1, 0.15) is 29.9 Å². The number of rotatable bonds is 4. The number of amides is 1. The Balaban J connectivity index is 1.64. The lowest BCUT2D eigenvalue weighted by molar-refractivity contribution is 0.0938. The van der Waals surface area contributed by atoms with Gasteiger partial charge in [0.2, 0.25) is 0 Å². The van der Waals surface area contributed by atoms with E-state index in [1.165, 1.54) is 12.8 Å². The van der Waals surface area contributed by atoms with Crippen molar-refractivity contribution in [1.29, 1.82) is 0 Å². The van der Waals surface area contributed by atoms with Crippen molar-refractivity contribution in [3.63, 3.8) is 0 Å². The number of piperidine rings is 1. The van der Waals surface area contributed by atoms with Crippen LogP contribution < -0.4 is 5.32 Å². The van der Waals surface area contributed by atoms with E-state index in [1.54, 1.807) is 0 Å². The van der Waals surface area contributed by atoms with Crippen LogP contribution in [0.15, 0.2) is 0 Å². The summed E-state index contributed by atoms with van der Waals surface area (Å²) in [6, 6.07) is 0. The van der Waals surface area contributed by atoms with Gasteiger partial charge >= 0.3 is 0 Å². The molecule has 0 unspecified atom stereocenters.